The molecule has 1 aromatic carbocycles. The number of alkyl halides is 1. The molecule has 1 atom stereocenters. The van der Waals surface area contributed by atoms with Crippen LogP contribution in [0.4, 0.5) is 0 Å². The molecule has 0 aliphatic rings. The average molecular weight is 283 g/mol. The van der Waals surface area contributed by atoms with Crippen LogP contribution in [-0.2, 0) is 0 Å². The molecule has 4 heteroatoms. The van der Waals surface area contributed by atoms with Crippen molar-refractivity contribution >= 4 is 22.9 Å². The van der Waals surface area contributed by atoms with Gasteiger partial charge in [-0.25, -0.2) is 0 Å². The van der Waals surface area contributed by atoms with Gasteiger partial charge in [-0.1, -0.05) is 17.7 Å². The highest BCUT2D eigenvalue weighted by Crippen LogP contribution is 2.42. The standard InChI is InChI=1S/C14H15ClO2S/c1-9-4-5-11(16-2)10(8-9)13(15)14-12(17-3)6-7-18-14/h4-8,13H,1-3H3. The Labute approximate surface area is 116 Å². The van der Waals surface area contributed by atoms with E-state index in [0.717, 1.165) is 27.5 Å². The summed E-state index contributed by atoms with van der Waals surface area (Å²) in [6.07, 6.45) is 0. The highest BCUT2D eigenvalue weighted by atomic mass is 35.5. The highest BCUT2D eigenvalue weighted by molar-refractivity contribution is 7.10. The molecule has 96 valence electrons. The van der Waals surface area contributed by atoms with E-state index in [0.29, 0.717) is 0 Å². The minimum atomic E-state index is -0.255. The van der Waals surface area contributed by atoms with Crippen molar-refractivity contribution in [2.75, 3.05) is 14.2 Å². The number of hydrogen-bond donors (Lipinski definition) is 0. The van der Waals surface area contributed by atoms with Crippen LogP contribution in [0, 0.1) is 6.92 Å². The molecule has 1 heterocycles. The first kappa shape index (κ1) is 13.2. The first-order valence-corrected chi connectivity index (χ1v) is 6.89. The van der Waals surface area contributed by atoms with Crippen LogP contribution in [-0.4, -0.2) is 14.2 Å². The van der Waals surface area contributed by atoms with Gasteiger partial charge in [-0.2, -0.15) is 0 Å². The van der Waals surface area contributed by atoms with Gasteiger partial charge in [0.2, 0.25) is 0 Å². The quantitative estimate of drug-likeness (QED) is 0.774. The topological polar surface area (TPSA) is 18.5 Å². The number of hydrogen-bond acceptors (Lipinski definition) is 3. The Morgan fingerprint density at radius 3 is 2.50 bits per heavy atom. The predicted octanol–water partition coefficient (Wildman–Crippen LogP) is 4.40. The van der Waals surface area contributed by atoms with Gasteiger partial charge in [-0.15, -0.1) is 22.9 Å². The van der Waals surface area contributed by atoms with E-state index in [4.69, 9.17) is 21.1 Å². The van der Waals surface area contributed by atoms with E-state index in [2.05, 4.69) is 6.07 Å². The normalized spacial score (nSPS) is 12.2. The third-order valence-corrected chi connectivity index (χ3v) is 4.31. The van der Waals surface area contributed by atoms with Gasteiger partial charge in [0.05, 0.1) is 19.1 Å². The summed E-state index contributed by atoms with van der Waals surface area (Å²) in [5, 5.41) is 1.72. The molecular formula is C14H15ClO2S. The van der Waals surface area contributed by atoms with E-state index in [-0.39, 0.29) is 5.38 Å². The number of ether oxygens (including phenoxy) is 2. The number of benzene rings is 1. The molecule has 0 saturated carbocycles. The molecule has 2 aromatic rings. The predicted molar refractivity (Wildman–Crippen MR) is 76.3 cm³/mol. The van der Waals surface area contributed by atoms with Gasteiger partial charge in [0.25, 0.3) is 0 Å². The van der Waals surface area contributed by atoms with Gasteiger partial charge < -0.3 is 9.47 Å². The zero-order chi connectivity index (χ0) is 13.1. The molecule has 0 amide bonds. The molecule has 2 rings (SSSR count). The first-order chi connectivity index (χ1) is 8.67. The minimum absolute atomic E-state index is 0.255. The number of rotatable bonds is 4. The van der Waals surface area contributed by atoms with Crippen LogP contribution >= 0.6 is 22.9 Å². The van der Waals surface area contributed by atoms with Crippen molar-refractivity contribution in [3.63, 3.8) is 0 Å². The Hall–Kier alpha value is -1.19. The van der Waals surface area contributed by atoms with Crippen LogP contribution in [0.15, 0.2) is 29.6 Å². The fourth-order valence-electron chi connectivity index (χ4n) is 1.86. The monoisotopic (exact) mass is 282 g/mol. The van der Waals surface area contributed by atoms with Gasteiger partial charge in [0.1, 0.15) is 16.9 Å². The van der Waals surface area contributed by atoms with E-state index in [1.165, 1.54) is 0 Å². The third-order valence-electron chi connectivity index (χ3n) is 2.77. The van der Waals surface area contributed by atoms with Crippen LogP contribution in [0.2, 0.25) is 0 Å². The zero-order valence-electron chi connectivity index (χ0n) is 10.6. The second-order valence-electron chi connectivity index (χ2n) is 3.96. The molecule has 0 aliphatic carbocycles. The molecule has 18 heavy (non-hydrogen) atoms. The van der Waals surface area contributed by atoms with Crippen LogP contribution in [0.1, 0.15) is 21.4 Å². The third kappa shape index (κ3) is 2.47. The number of methoxy groups -OCH3 is 2. The summed E-state index contributed by atoms with van der Waals surface area (Å²) in [5.41, 5.74) is 2.13. The molecular weight excluding hydrogens is 268 g/mol. The van der Waals surface area contributed by atoms with Gasteiger partial charge in [0.15, 0.2) is 0 Å². The maximum absolute atomic E-state index is 6.56. The number of aryl methyl sites for hydroxylation is 1. The Balaban J connectivity index is 2.45. The van der Waals surface area contributed by atoms with E-state index in [1.807, 2.05) is 30.5 Å². The molecule has 0 spiro atoms. The minimum Gasteiger partial charge on any atom is -0.496 e. The van der Waals surface area contributed by atoms with E-state index in [1.54, 1.807) is 25.6 Å². The highest BCUT2D eigenvalue weighted by Gasteiger charge is 2.20. The van der Waals surface area contributed by atoms with E-state index in [9.17, 15) is 0 Å². The first-order valence-electron chi connectivity index (χ1n) is 5.57. The van der Waals surface area contributed by atoms with Crippen LogP contribution in [0.3, 0.4) is 0 Å². The molecule has 0 radical (unpaired) electrons. The van der Waals surface area contributed by atoms with Crippen molar-refractivity contribution in [3.8, 4) is 11.5 Å². The second kappa shape index (κ2) is 5.63. The summed E-state index contributed by atoms with van der Waals surface area (Å²) in [4.78, 5) is 1.00. The smallest absolute Gasteiger partial charge is 0.134 e. The van der Waals surface area contributed by atoms with Gasteiger partial charge in [-0.05, 0) is 24.4 Å². The lowest BCUT2D eigenvalue weighted by atomic mass is 10.1. The molecule has 1 unspecified atom stereocenters. The maximum Gasteiger partial charge on any atom is 0.134 e. The lowest BCUT2D eigenvalue weighted by Gasteiger charge is -2.15. The van der Waals surface area contributed by atoms with Gasteiger partial charge >= 0.3 is 0 Å². The van der Waals surface area contributed by atoms with Gasteiger partial charge in [-0.3, -0.25) is 0 Å². The summed E-state index contributed by atoms with van der Waals surface area (Å²) >= 11 is 8.15. The van der Waals surface area contributed by atoms with Crippen molar-refractivity contribution in [1.82, 2.24) is 0 Å². The summed E-state index contributed by atoms with van der Waals surface area (Å²) in [5.74, 6) is 1.62. The molecule has 0 N–H and O–H groups in total. The van der Waals surface area contributed by atoms with Crippen LogP contribution in [0.5, 0.6) is 11.5 Å². The summed E-state index contributed by atoms with van der Waals surface area (Å²) in [6, 6.07) is 7.94. The van der Waals surface area contributed by atoms with E-state index < -0.39 is 0 Å². The lowest BCUT2D eigenvalue weighted by Crippen LogP contribution is -1.98. The lowest BCUT2D eigenvalue weighted by molar-refractivity contribution is 0.406. The molecule has 2 nitrogen and oxygen atoms in total. The largest absolute Gasteiger partial charge is 0.496 e. The van der Waals surface area contributed by atoms with Crippen molar-refractivity contribution in [2.45, 2.75) is 12.3 Å². The van der Waals surface area contributed by atoms with Crippen molar-refractivity contribution in [3.05, 3.63) is 45.6 Å². The Morgan fingerprint density at radius 1 is 1.11 bits per heavy atom. The summed E-state index contributed by atoms with van der Waals surface area (Å²) in [7, 11) is 3.31. The Bertz CT molecular complexity index is 536. The maximum atomic E-state index is 6.56. The Kier molecular flexibility index (Phi) is 4.15. The van der Waals surface area contributed by atoms with Gasteiger partial charge in [0, 0.05) is 5.56 Å². The summed E-state index contributed by atoms with van der Waals surface area (Å²) < 4.78 is 10.7. The second-order valence-corrected chi connectivity index (χ2v) is 5.35. The average Bonchev–Trinajstić information content (AvgIpc) is 2.86. The van der Waals surface area contributed by atoms with Crippen LogP contribution in [0.25, 0.3) is 0 Å². The fraction of sp³-hybridized carbons (Fsp3) is 0.286. The summed E-state index contributed by atoms with van der Waals surface area (Å²) in [6.45, 7) is 2.04. The van der Waals surface area contributed by atoms with Crippen molar-refractivity contribution < 1.29 is 9.47 Å². The SMILES string of the molecule is COc1ccc(C)cc1C(Cl)c1sccc1OC. The van der Waals surface area contributed by atoms with Crippen LogP contribution < -0.4 is 9.47 Å². The molecule has 0 saturated heterocycles. The molecule has 1 aromatic heterocycles. The van der Waals surface area contributed by atoms with Crippen molar-refractivity contribution in [1.29, 1.82) is 0 Å². The Morgan fingerprint density at radius 2 is 1.83 bits per heavy atom. The van der Waals surface area contributed by atoms with E-state index >= 15 is 0 Å². The number of thiophene rings is 1. The van der Waals surface area contributed by atoms with Crippen molar-refractivity contribution in [2.24, 2.45) is 0 Å². The molecule has 0 aliphatic heterocycles. The molecule has 0 bridgehead atoms. The fourth-order valence-corrected chi connectivity index (χ4v) is 3.14. The number of halogens is 1. The zero-order valence-corrected chi connectivity index (χ0v) is 12.1. The molecule has 0 fully saturated rings.